The number of rotatable bonds is 7. The van der Waals surface area contributed by atoms with E-state index in [-0.39, 0.29) is 23.7 Å². The third-order valence-corrected chi connectivity index (χ3v) is 3.20. The number of hydrogen-bond acceptors (Lipinski definition) is 6. The zero-order valence-corrected chi connectivity index (χ0v) is 13.4. The number of methoxy groups -OCH3 is 1. The predicted octanol–water partition coefficient (Wildman–Crippen LogP) is 3.36. The Bertz CT molecular complexity index is 729. The number of nitrogens with zero attached hydrogens (tertiary/aromatic N) is 1. The Balaban J connectivity index is 2.39. The zero-order chi connectivity index (χ0) is 17.5. The van der Waals surface area contributed by atoms with E-state index in [0.29, 0.717) is 6.61 Å². The lowest BCUT2D eigenvalue weighted by atomic mass is 10.1. The monoisotopic (exact) mass is 331 g/mol. The van der Waals surface area contributed by atoms with Gasteiger partial charge in [0.1, 0.15) is 12.2 Å². The molecular formula is C17H17NO6. The van der Waals surface area contributed by atoms with Crippen LogP contribution >= 0.6 is 0 Å². The van der Waals surface area contributed by atoms with Gasteiger partial charge in [-0.2, -0.15) is 0 Å². The number of ether oxygens (including phenoxy) is 3. The van der Waals surface area contributed by atoms with E-state index in [1.54, 1.807) is 6.92 Å². The molecule has 2 rings (SSSR count). The van der Waals surface area contributed by atoms with Crippen molar-refractivity contribution in [1.29, 1.82) is 0 Å². The molecule has 0 amide bonds. The first-order valence-corrected chi connectivity index (χ1v) is 7.27. The first-order valence-electron chi connectivity index (χ1n) is 7.27. The van der Waals surface area contributed by atoms with Gasteiger partial charge in [0, 0.05) is 6.07 Å². The molecule has 7 heteroatoms. The van der Waals surface area contributed by atoms with Crippen LogP contribution in [0.15, 0.2) is 42.5 Å². The summed E-state index contributed by atoms with van der Waals surface area (Å²) in [6.07, 6.45) is 0. The van der Waals surface area contributed by atoms with Crippen LogP contribution in [0, 0.1) is 10.1 Å². The molecule has 7 nitrogen and oxygen atoms in total. The molecule has 0 saturated heterocycles. The van der Waals surface area contributed by atoms with E-state index >= 15 is 0 Å². The first kappa shape index (κ1) is 17.3. The lowest BCUT2D eigenvalue weighted by molar-refractivity contribution is -0.385. The number of nitro benzene ring substituents is 1. The summed E-state index contributed by atoms with van der Waals surface area (Å²) in [6, 6.07) is 11.8. The number of esters is 1. The van der Waals surface area contributed by atoms with E-state index < -0.39 is 16.6 Å². The molecule has 0 fully saturated rings. The quantitative estimate of drug-likeness (QED) is 0.439. The van der Waals surface area contributed by atoms with Crippen LogP contribution in [0.1, 0.15) is 22.8 Å². The largest absolute Gasteiger partial charge is 0.490 e. The van der Waals surface area contributed by atoms with E-state index in [9.17, 15) is 14.9 Å². The smallest absolute Gasteiger partial charge is 0.345 e. The van der Waals surface area contributed by atoms with E-state index in [2.05, 4.69) is 4.74 Å². The Hall–Kier alpha value is -3.09. The van der Waals surface area contributed by atoms with Crippen molar-refractivity contribution in [2.75, 3.05) is 13.7 Å². The van der Waals surface area contributed by atoms with Gasteiger partial charge < -0.3 is 14.2 Å². The van der Waals surface area contributed by atoms with Gasteiger partial charge in [-0.3, -0.25) is 10.1 Å². The number of nitro groups is 1. The third-order valence-electron chi connectivity index (χ3n) is 3.20. The molecule has 24 heavy (non-hydrogen) atoms. The van der Waals surface area contributed by atoms with Gasteiger partial charge in [-0.15, -0.1) is 0 Å². The van der Waals surface area contributed by atoms with E-state index in [1.165, 1.54) is 12.1 Å². The van der Waals surface area contributed by atoms with Crippen LogP contribution in [0.25, 0.3) is 0 Å². The van der Waals surface area contributed by atoms with Gasteiger partial charge in [0.25, 0.3) is 5.69 Å². The molecule has 0 heterocycles. The molecule has 0 radical (unpaired) electrons. The number of carbonyl (C=O) groups is 1. The second kappa shape index (κ2) is 7.96. The maximum atomic E-state index is 11.8. The molecular weight excluding hydrogens is 314 g/mol. The van der Waals surface area contributed by atoms with Crippen LogP contribution in [0.2, 0.25) is 0 Å². The molecule has 0 unspecified atom stereocenters. The molecule has 0 bridgehead atoms. The van der Waals surface area contributed by atoms with Gasteiger partial charge in [0.05, 0.1) is 24.7 Å². The Morgan fingerprint density at radius 2 is 1.79 bits per heavy atom. The van der Waals surface area contributed by atoms with Crippen molar-refractivity contribution >= 4 is 11.7 Å². The highest BCUT2D eigenvalue weighted by Crippen LogP contribution is 2.35. The first-order chi connectivity index (χ1) is 11.6. The van der Waals surface area contributed by atoms with E-state index in [4.69, 9.17) is 9.47 Å². The molecule has 2 aromatic carbocycles. The van der Waals surface area contributed by atoms with Gasteiger partial charge in [-0.25, -0.2) is 4.79 Å². The molecule has 2 aromatic rings. The second-order valence-corrected chi connectivity index (χ2v) is 4.77. The Kier molecular flexibility index (Phi) is 5.73. The Morgan fingerprint density at radius 3 is 2.38 bits per heavy atom. The SMILES string of the molecule is CCOc1cc([N+](=O)[O-])c(C(=O)OC)cc1OCc1ccccc1. The van der Waals surface area contributed by atoms with Crippen molar-refractivity contribution in [1.82, 2.24) is 0 Å². The van der Waals surface area contributed by atoms with Crippen molar-refractivity contribution in [2.45, 2.75) is 13.5 Å². The molecule has 0 N–H and O–H groups in total. The van der Waals surface area contributed by atoms with Crippen LogP contribution in [0.3, 0.4) is 0 Å². The second-order valence-electron chi connectivity index (χ2n) is 4.77. The zero-order valence-electron chi connectivity index (χ0n) is 13.4. The summed E-state index contributed by atoms with van der Waals surface area (Å²) in [7, 11) is 1.16. The summed E-state index contributed by atoms with van der Waals surface area (Å²) in [5.74, 6) is -0.367. The number of benzene rings is 2. The molecule has 0 atom stereocenters. The summed E-state index contributed by atoms with van der Waals surface area (Å²) in [4.78, 5) is 22.3. The third kappa shape index (κ3) is 4.01. The van der Waals surface area contributed by atoms with E-state index in [0.717, 1.165) is 12.7 Å². The van der Waals surface area contributed by atoms with Crippen molar-refractivity contribution in [2.24, 2.45) is 0 Å². The average Bonchev–Trinajstić information content (AvgIpc) is 2.60. The van der Waals surface area contributed by atoms with Crippen molar-refractivity contribution in [3.8, 4) is 11.5 Å². The summed E-state index contributed by atoms with van der Waals surface area (Å²) in [5.41, 5.74) is 0.337. The lowest BCUT2D eigenvalue weighted by Crippen LogP contribution is -2.08. The number of hydrogen-bond donors (Lipinski definition) is 0. The standard InChI is InChI=1S/C17H17NO6/c1-3-23-16-10-14(18(20)21)13(17(19)22-2)9-15(16)24-11-12-7-5-4-6-8-12/h4-10H,3,11H2,1-2H3. The molecule has 0 aromatic heterocycles. The topological polar surface area (TPSA) is 87.9 Å². The summed E-state index contributed by atoms with van der Waals surface area (Å²) in [5, 5.41) is 11.2. The van der Waals surface area contributed by atoms with Crippen LogP contribution in [-0.4, -0.2) is 24.6 Å². The van der Waals surface area contributed by atoms with Gasteiger partial charge in [0.15, 0.2) is 11.5 Å². The predicted molar refractivity (Wildman–Crippen MR) is 86.4 cm³/mol. The Labute approximate surface area is 138 Å². The van der Waals surface area contributed by atoms with Gasteiger partial charge in [0.2, 0.25) is 0 Å². The molecule has 0 aliphatic heterocycles. The molecule has 0 aliphatic rings. The maximum absolute atomic E-state index is 11.8. The van der Waals surface area contributed by atoms with Crippen LogP contribution in [0.4, 0.5) is 5.69 Å². The van der Waals surface area contributed by atoms with Crippen molar-refractivity contribution < 1.29 is 23.9 Å². The van der Waals surface area contributed by atoms with Crippen LogP contribution in [0.5, 0.6) is 11.5 Å². The molecule has 126 valence electrons. The normalized spacial score (nSPS) is 10.1. The molecule has 0 spiro atoms. The molecule has 0 aliphatic carbocycles. The van der Waals surface area contributed by atoms with Gasteiger partial charge in [-0.1, -0.05) is 30.3 Å². The maximum Gasteiger partial charge on any atom is 0.345 e. The highest BCUT2D eigenvalue weighted by atomic mass is 16.6. The minimum absolute atomic E-state index is 0.186. The minimum atomic E-state index is -0.811. The van der Waals surface area contributed by atoms with Crippen LogP contribution < -0.4 is 9.47 Å². The fourth-order valence-corrected chi connectivity index (χ4v) is 2.09. The van der Waals surface area contributed by atoms with Crippen molar-refractivity contribution in [3.63, 3.8) is 0 Å². The van der Waals surface area contributed by atoms with Crippen molar-refractivity contribution in [3.05, 3.63) is 63.7 Å². The average molecular weight is 331 g/mol. The summed E-state index contributed by atoms with van der Waals surface area (Å²) in [6.45, 7) is 2.29. The summed E-state index contributed by atoms with van der Waals surface area (Å²) >= 11 is 0. The summed E-state index contributed by atoms with van der Waals surface area (Å²) < 4.78 is 15.7. The molecule has 0 saturated carbocycles. The van der Waals surface area contributed by atoms with Crippen LogP contribution in [-0.2, 0) is 11.3 Å². The fourth-order valence-electron chi connectivity index (χ4n) is 2.09. The van der Waals surface area contributed by atoms with E-state index in [1.807, 2.05) is 30.3 Å². The highest BCUT2D eigenvalue weighted by molar-refractivity contribution is 5.95. The Morgan fingerprint density at radius 1 is 1.12 bits per heavy atom. The lowest BCUT2D eigenvalue weighted by Gasteiger charge is -2.13. The highest BCUT2D eigenvalue weighted by Gasteiger charge is 2.25. The number of carbonyl (C=O) groups excluding carboxylic acids is 1. The minimum Gasteiger partial charge on any atom is -0.490 e. The van der Waals surface area contributed by atoms with Gasteiger partial charge in [-0.05, 0) is 12.5 Å². The van der Waals surface area contributed by atoms with Gasteiger partial charge >= 0.3 is 5.97 Å². The fraction of sp³-hybridized carbons (Fsp3) is 0.235.